The highest BCUT2D eigenvalue weighted by atomic mass is 19.4. The number of nitrogens with zero attached hydrogens (tertiary/aromatic N) is 1. The van der Waals surface area contributed by atoms with Crippen molar-refractivity contribution in [2.45, 2.75) is 44.9 Å². The molecule has 1 aliphatic rings. The quantitative estimate of drug-likeness (QED) is 0.888. The summed E-state index contributed by atoms with van der Waals surface area (Å²) in [7, 11) is 0. The van der Waals surface area contributed by atoms with Crippen LogP contribution in [0.25, 0.3) is 10.8 Å². The molecule has 3 rings (SSSR count). The van der Waals surface area contributed by atoms with E-state index in [4.69, 9.17) is 0 Å². The lowest BCUT2D eigenvalue weighted by atomic mass is 9.95. The fraction of sp³-hybridized carbons (Fsp3) is 0.389. The van der Waals surface area contributed by atoms with Crippen molar-refractivity contribution < 1.29 is 18.0 Å². The van der Waals surface area contributed by atoms with Gasteiger partial charge in [0.15, 0.2) is 6.04 Å². The maximum atomic E-state index is 13.8. The van der Waals surface area contributed by atoms with Crippen molar-refractivity contribution in [3.63, 3.8) is 0 Å². The van der Waals surface area contributed by atoms with E-state index in [0.717, 1.165) is 21.3 Å². The molecule has 2 aromatic rings. The third-order valence-electron chi connectivity index (χ3n) is 4.50. The first kappa shape index (κ1) is 16.8. The number of hydrogen-bond donors (Lipinski definition) is 1. The van der Waals surface area contributed by atoms with E-state index < -0.39 is 23.7 Å². The maximum absolute atomic E-state index is 13.8. The maximum Gasteiger partial charge on any atom is 0.409 e. The molecule has 0 aliphatic carbocycles. The molecule has 0 spiro atoms. The van der Waals surface area contributed by atoms with Crippen molar-refractivity contribution in [1.82, 2.24) is 10.4 Å². The van der Waals surface area contributed by atoms with Crippen molar-refractivity contribution in [2.24, 2.45) is 0 Å². The molecular weight excluding hydrogens is 317 g/mol. The SMILES string of the molecule is Cc1cccc2cc(C(N3NC(=O)CC3(C)C)C(F)(F)F)ccc12. The Balaban J connectivity index is 2.12. The van der Waals surface area contributed by atoms with Gasteiger partial charge in [0.25, 0.3) is 0 Å². The number of carbonyl (C=O) groups is 1. The summed E-state index contributed by atoms with van der Waals surface area (Å²) in [5.41, 5.74) is 2.60. The average molecular weight is 336 g/mol. The Morgan fingerprint density at radius 2 is 1.92 bits per heavy atom. The zero-order chi connectivity index (χ0) is 17.7. The van der Waals surface area contributed by atoms with Crippen LogP contribution >= 0.6 is 0 Å². The van der Waals surface area contributed by atoms with E-state index in [-0.39, 0.29) is 12.0 Å². The van der Waals surface area contributed by atoms with Gasteiger partial charge < -0.3 is 0 Å². The first-order chi connectivity index (χ1) is 11.1. The van der Waals surface area contributed by atoms with Gasteiger partial charge >= 0.3 is 6.18 Å². The number of amides is 1. The molecule has 0 radical (unpaired) electrons. The summed E-state index contributed by atoms with van der Waals surface area (Å²) in [6.45, 7) is 5.19. The summed E-state index contributed by atoms with van der Waals surface area (Å²) < 4.78 is 41.4. The van der Waals surface area contributed by atoms with E-state index in [2.05, 4.69) is 5.43 Å². The van der Waals surface area contributed by atoms with Gasteiger partial charge in [0.2, 0.25) is 5.91 Å². The van der Waals surface area contributed by atoms with Crippen LogP contribution in [0.15, 0.2) is 36.4 Å². The molecular formula is C18H19F3N2O. The van der Waals surface area contributed by atoms with Gasteiger partial charge in [-0.15, -0.1) is 0 Å². The molecule has 1 saturated heterocycles. The molecule has 24 heavy (non-hydrogen) atoms. The molecule has 1 amide bonds. The number of benzene rings is 2. The molecule has 0 aromatic heterocycles. The van der Waals surface area contributed by atoms with Gasteiger partial charge in [-0.05, 0) is 48.7 Å². The van der Waals surface area contributed by atoms with Gasteiger partial charge in [0, 0.05) is 12.0 Å². The summed E-state index contributed by atoms with van der Waals surface area (Å²) in [5.74, 6) is -0.397. The van der Waals surface area contributed by atoms with Crippen LogP contribution in [0.4, 0.5) is 13.2 Å². The Kier molecular flexibility index (Phi) is 3.83. The normalized spacial score (nSPS) is 19.5. The lowest BCUT2D eigenvalue weighted by Crippen LogP contribution is -2.51. The van der Waals surface area contributed by atoms with Crippen LogP contribution in [0.1, 0.15) is 37.4 Å². The number of hydrazine groups is 1. The molecule has 1 fully saturated rings. The Bertz CT molecular complexity index is 798. The third kappa shape index (κ3) is 2.86. The fourth-order valence-corrected chi connectivity index (χ4v) is 3.34. The third-order valence-corrected chi connectivity index (χ3v) is 4.50. The minimum atomic E-state index is -4.51. The highest BCUT2D eigenvalue weighted by Gasteiger charge is 2.52. The van der Waals surface area contributed by atoms with E-state index >= 15 is 0 Å². The lowest BCUT2D eigenvalue weighted by molar-refractivity contribution is -0.203. The summed E-state index contributed by atoms with van der Waals surface area (Å²) in [5, 5.41) is 2.71. The number of aryl methyl sites for hydroxylation is 1. The molecule has 0 bridgehead atoms. The number of carbonyl (C=O) groups excluding carboxylic acids is 1. The second kappa shape index (κ2) is 5.48. The van der Waals surface area contributed by atoms with E-state index in [1.165, 1.54) is 6.07 Å². The summed E-state index contributed by atoms with van der Waals surface area (Å²) >= 11 is 0. The predicted molar refractivity (Wildman–Crippen MR) is 86.2 cm³/mol. The second-order valence-electron chi connectivity index (χ2n) is 6.89. The van der Waals surface area contributed by atoms with E-state index in [1.807, 2.05) is 19.1 Å². The minimum absolute atomic E-state index is 0.0340. The van der Waals surface area contributed by atoms with Crippen molar-refractivity contribution >= 4 is 16.7 Å². The number of rotatable bonds is 2. The van der Waals surface area contributed by atoms with Gasteiger partial charge in [-0.25, -0.2) is 0 Å². The molecule has 1 N–H and O–H groups in total. The zero-order valence-electron chi connectivity index (χ0n) is 13.7. The molecule has 1 heterocycles. The topological polar surface area (TPSA) is 32.3 Å². The molecule has 1 atom stereocenters. The molecule has 1 aliphatic heterocycles. The predicted octanol–water partition coefficient (Wildman–Crippen LogP) is 4.27. The number of alkyl halides is 3. The molecule has 3 nitrogen and oxygen atoms in total. The average Bonchev–Trinajstić information content (AvgIpc) is 2.70. The van der Waals surface area contributed by atoms with Crippen LogP contribution in [0.2, 0.25) is 0 Å². The van der Waals surface area contributed by atoms with Crippen molar-refractivity contribution in [1.29, 1.82) is 0 Å². The molecule has 128 valence electrons. The van der Waals surface area contributed by atoms with E-state index in [1.54, 1.807) is 32.0 Å². The van der Waals surface area contributed by atoms with Crippen LogP contribution in [-0.2, 0) is 4.79 Å². The second-order valence-corrected chi connectivity index (χ2v) is 6.89. The van der Waals surface area contributed by atoms with Gasteiger partial charge in [0.05, 0.1) is 0 Å². The molecule has 6 heteroatoms. The van der Waals surface area contributed by atoms with Crippen molar-refractivity contribution in [3.05, 3.63) is 47.5 Å². The first-order valence-corrected chi connectivity index (χ1v) is 7.74. The Morgan fingerprint density at radius 1 is 1.21 bits per heavy atom. The van der Waals surface area contributed by atoms with Crippen LogP contribution in [-0.4, -0.2) is 22.6 Å². The number of nitrogens with one attached hydrogen (secondary N) is 1. The Hall–Kier alpha value is -2.08. The number of halogens is 3. The molecule has 0 saturated carbocycles. The van der Waals surface area contributed by atoms with Gasteiger partial charge in [-0.1, -0.05) is 30.3 Å². The highest BCUT2D eigenvalue weighted by molar-refractivity contribution is 5.86. The lowest BCUT2D eigenvalue weighted by Gasteiger charge is -2.38. The number of fused-ring (bicyclic) bond motifs is 1. The number of hydrogen-bond acceptors (Lipinski definition) is 2. The molecule has 2 aromatic carbocycles. The van der Waals surface area contributed by atoms with Gasteiger partial charge in [0.1, 0.15) is 0 Å². The molecule has 1 unspecified atom stereocenters. The summed E-state index contributed by atoms with van der Waals surface area (Å²) in [6.07, 6.45) is -4.47. The first-order valence-electron chi connectivity index (χ1n) is 7.74. The van der Waals surface area contributed by atoms with Crippen LogP contribution in [0, 0.1) is 6.92 Å². The van der Waals surface area contributed by atoms with Crippen molar-refractivity contribution in [2.75, 3.05) is 0 Å². The van der Waals surface area contributed by atoms with Gasteiger partial charge in [-0.2, -0.15) is 18.2 Å². The highest BCUT2D eigenvalue weighted by Crippen LogP contribution is 2.43. The largest absolute Gasteiger partial charge is 0.409 e. The Morgan fingerprint density at radius 3 is 2.50 bits per heavy atom. The summed E-state index contributed by atoms with van der Waals surface area (Å²) in [4.78, 5) is 11.7. The minimum Gasteiger partial charge on any atom is -0.287 e. The van der Waals surface area contributed by atoms with E-state index in [9.17, 15) is 18.0 Å². The Labute approximate surface area is 138 Å². The standard InChI is InChI=1S/C18H19F3N2O/c1-11-5-4-6-12-9-13(7-8-14(11)12)16(18(19,20)21)23-17(2,3)10-15(24)22-23/h4-9,16H,10H2,1-3H3,(H,22,24). The monoisotopic (exact) mass is 336 g/mol. The van der Waals surface area contributed by atoms with Crippen LogP contribution in [0.3, 0.4) is 0 Å². The smallest absolute Gasteiger partial charge is 0.287 e. The van der Waals surface area contributed by atoms with E-state index in [0.29, 0.717) is 0 Å². The van der Waals surface area contributed by atoms with Crippen LogP contribution in [0.5, 0.6) is 0 Å². The summed E-state index contributed by atoms with van der Waals surface area (Å²) in [6, 6.07) is 8.42. The fourth-order valence-electron chi connectivity index (χ4n) is 3.34. The zero-order valence-corrected chi connectivity index (χ0v) is 13.7. The van der Waals surface area contributed by atoms with Crippen LogP contribution < -0.4 is 5.43 Å². The van der Waals surface area contributed by atoms with Crippen molar-refractivity contribution in [3.8, 4) is 0 Å². The van der Waals surface area contributed by atoms with Gasteiger partial charge in [-0.3, -0.25) is 10.2 Å².